The van der Waals surface area contributed by atoms with E-state index in [1.165, 1.54) is 4.90 Å². The van der Waals surface area contributed by atoms with Gasteiger partial charge in [0.1, 0.15) is 5.41 Å². The molecule has 10 heteroatoms. The van der Waals surface area contributed by atoms with Crippen LogP contribution in [0.4, 0.5) is 18.0 Å². The Bertz CT molecular complexity index is 1100. The Labute approximate surface area is 241 Å². The summed E-state index contributed by atoms with van der Waals surface area (Å²) in [5.41, 5.74) is -1.24. The molecule has 1 aromatic rings. The van der Waals surface area contributed by atoms with Crippen LogP contribution in [0.2, 0.25) is 0 Å². The van der Waals surface area contributed by atoms with Gasteiger partial charge in [-0.25, -0.2) is 4.79 Å². The van der Waals surface area contributed by atoms with Gasteiger partial charge in [0, 0.05) is 57.3 Å². The lowest BCUT2D eigenvalue weighted by Gasteiger charge is -2.50. The molecule has 4 aliphatic heterocycles. The number of alkyl halides is 3. The van der Waals surface area contributed by atoms with Crippen LogP contribution in [-0.4, -0.2) is 94.6 Å². The second-order valence-electron chi connectivity index (χ2n) is 13.2. The molecular weight excluding hydrogens is 541 g/mol. The van der Waals surface area contributed by atoms with Crippen molar-refractivity contribution in [1.29, 1.82) is 0 Å². The Balaban J connectivity index is 0.00000323. The average molecular weight is 583 g/mol. The number of likely N-dealkylation sites (N-methyl/N-ethyl adjacent to an activating group) is 1. The van der Waals surface area contributed by atoms with Gasteiger partial charge in [0.15, 0.2) is 0 Å². The number of benzene rings is 1. The predicted molar refractivity (Wildman–Crippen MR) is 149 cm³/mol. The van der Waals surface area contributed by atoms with Crippen LogP contribution in [0.15, 0.2) is 30.3 Å². The lowest BCUT2D eigenvalue weighted by Crippen LogP contribution is -2.60. The zero-order valence-corrected chi connectivity index (χ0v) is 24.5. The van der Waals surface area contributed by atoms with Crippen LogP contribution in [-0.2, 0) is 4.79 Å². The van der Waals surface area contributed by atoms with Crippen LogP contribution in [0.1, 0.15) is 70.3 Å². The number of fused-ring (bicyclic) bond motifs is 2. The summed E-state index contributed by atoms with van der Waals surface area (Å²) in [6.07, 6.45) is -0.210. The van der Waals surface area contributed by atoms with Crippen LogP contribution < -0.4 is 0 Å². The van der Waals surface area contributed by atoms with Crippen molar-refractivity contribution in [3.8, 4) is 0 Å². The second kappa shape index (κ2) is 10.4. The predicted octanol–water partition coefficient (Wildman–Crippen LogP) is 5.52. The Hall–Kier alpha value is -2.00. The molecular formula is C30H42ClF3N4O2. The van der Waals surface area contributed by atoms with E-state index < -0.39 is 17.5 Å². The van der Waals surface area contributed by atoms with E-state index in [0.717, 1.165) is 44.3 Å². The zero-order valence-electron chi connectivity index (χ0n) is 23.7. The molecule has 5 aliphatic rings. The number of amides is 3. The molecule has 4 saturated heterocycles. The SMILES string of the molecule is CC(C)N1C(=O)N(C)CC12CC1CCC(C2)N1C[C@H]1CN(C(=O)C2(C(F)(F)F)CCC2)C[C@@H]1c1ccccc1.Cl. The maximum Gasteiger partial charge on any atom is 0.403 e. The summed E-state index contributed by atoms with van der Waals surface area (Å²) in [5.74, 6) is -0.625. The average Bonchev–Trinajstić information content (AvgIpc) is 3.44. The minimum absolute atomic E-state index is 0. The highest BCUT2D eigenvalue weighted by Crippen LogP contribution is 2.55. The van der Waals surface area contributed by atoms with Crippen molar-refractivity contribution in [2.75, 3.05) is 33.2 Å². The van der Waals surface area contributed by atoms with Crippen molar-refractivity contribution in [2.24, 2.45) is 11.3 Å². The molecule has 5 fully saturated rings. The summed E-state index contributed by atoms with van der Waals surface area (Å²) in [6, 6.07) is 10.9. The number of piperidine rings is 1. The first-order valence-corrected chi connectivity index (χ1v) is 14.7. The second-order valence-corrected chi connectivity index (χ2v) is 13.2. The van der Waals surface area contributed by atoms with E-state index in [2.05, 4.69) is 35.8 Å². The smallest absolute Gasteiger partial charge is 0.341 e. The molecule has 3 amide bonds. The van der Waals surface area contributed by atoms with Crippen molar-refractivity contribution >= 4 is 24.3 Å². The van der Waals surface area contributed by atoms with Crippen LogP contribution in [0.5, 0.6) is 0 Å². The number of carbonyl (C=O) groups is 2. The first-order valence-electron chi connectivity index (χ1n) is 14.7. The molecule has 1 aromatic carbocycles. The quantitative estimate of drug-likeness (QED) is 0.459. The third kappa shape index (κ3) is 4.50. The van der Waals surface area contributed by atoms with Gasteiger partial charge < -0.3 is 14.7 Å². The fraction of sp³-hybridized carbons (Fsp3) is 0.733. The fourth-order valence-corrected chi connectivity index (χ4v) is 8.80. The molecule has 0 radical (unpaired) electrons. The number of hydrogen-bond donors (Lipinski definition) is 0. The molecule has 2 unspecified atom stereocenters. The van der Waals surface area contributed by atoms with Crippen LogP contribution in [0, 0.1) is 11.3 Å². The molecule has 0 N–H and O–H groups in total. The first-order chi connectivity index (χ1) is 18.5. The molecule has 2 bridgehead atoms. The molecule has 40 heavy (non-hydrogen) atoms. The van der Waals surface area contributed by atoms with E-state index in [1.54, 1.807) is 0 Å². The summed E-state index contributed by atoms with van der Waals surface area (Å²) in [5, 5.41) is 0. The molecule has 1 saturated carbocycles. The van der Waals surface area contributed by atoms with Gasteiger partial charge >= 0.3 is 12.2 Å². The zero-order chi connectivity index (χ0) is 27.7. The van der Waals surface area contributed by atoms with Crippen molar-refractivity contribution in [3.05, 3.63) is 35.9 Å². The maximum atomic E-state index is 14.1. The number of nitrogens with zero attached hydrogens (tertiary/aromatic N) is 4. The van der Waals surface area contributed by atoms with E-state index in [0.29, 0.717) is 31.6 Å². The highest BCUT2D eigenvalue weighted by molar-refractivity contribution is 5.85. The minimum atomic E-state index is -4.50. The topological polar surface area (TPSA) is 47.1 Å². The van der Waals surface area contributed by atoms with Gasteiger partial charge in [-0.3, -0.25) is 9.69 Å². The van der Waals surface area contributed by atoms with Gasteiger partial charge in [-0.2, -0.15) is 13.2 Å². The van der Waals surface area contributed by atoms with Crippen molar-refractivity contribution in [2.45, 2.75) is 94.6 Å². The first kappa shape index (κ1) is 29.5. The third-order valence-corrected chi connectivity index (χ3v) is 10.7. The van der Waals surface area contributed by atoms with E-state index in [9.17, 15) is 22.8 Å². The number of hydrogen-bond acceptors (Lipinski definition) is 3. The normalized spacial score (nSPS) is 33.6. The van der Waals surface area contributed by atoms with Gasteiger partial charge in [0.2, 0.25) is 5.91 Å². The minimum Gasteiger partial charge on any atom is -0.341 e. The number of halogens is 4. The number of urea groups is 1. The Morgan fingerprint density at radius 1 is 1.05 bits per heavy atom. The summed E-state index contributed by atoms with van der Waals surface area (Å²) in [7, 11) is 1.89. The molecule has 1 spiro atoms. The summed E-state index contributed by atoms with van der Waals surface area (Å²) >= 11 is 0. The molecule has 222 valence electrons. The van der Waals surface area contributed by atoms with Gasteiger partial charge in [-0.15, -0.1) is 12.4 Å². The number of likely N-dealkylation sites (tertiary alicyclic amines) is 1. The Kier molecular flexibility index (Phi) is 7.65. The Morgan fingerprint density at radius 3 is 2.20 bits per heavy atom. The molecule has 4 heterocycles. The lowest BCUT2D eigenvalue weighted by molar-refractivity contribution is -0.248. The highest BCUT2D eigenvalue weighted by atomic mass is 35.5. The molecule has 4 atom stereocenters. The van der Waals surface area contributed by atoms with Gasteiger partial charge in [0.25, 0.3) is 0 Å². The largest absolute Gasteiger partial charge is 0.403 e. The molecule has 6 nitrogen and oxygen atoms in total. The van der Waals surface area contributed by atoms with Gasteiger partial charge in [0.05, 0.1) is 5.54 Å². The van der Waals surface area contributed by atoms with Crippen LogP contribution in [0.3, 0.4) is 0 Å². The van der Waals surface area contributed by atoms with E-state index in [-0.39, 0.29) is 54.7 Å². The van der Waals surface area contributed by atoms with E-state index in [4.69, 9.17) is 0 Å². The fourth-order valence-electron chi connectivity index (χ4n) is 8.80. The molecule has 1 aliphatic carbocycles. The standard InChI is InChI=1S/C30H41F3N4O2.ClH/c1-20(2)37-27(39)34(3)19-28(37)14-23-10-11-24(15-28)36(23)17-22-16-35(18-25(22)21-8-5-4-6-9-21)26(38)29(12-7-13-29)30(31,32)33;/h4-6,8-9,20,22-25H,7,10-19H2,1-3H3;1H/t22-,23?,24?,25-,28?;/m1./s1. The summed E-state index contributed by atoms with van der Waals surface area (Å²) in [4.78, 5) is 34.5. The van der Waals surface area contributed by atoms with Crippen LogP contribution in [0.25, 0.3) is 0 Å². The van der Waals surface area contributed by atoms with E-state index in [1.807, 2.05) is 30.1 Å². The third-order valence-electron chi connectivity index (χ3n) is 10.7. The van der Waals surface area contributed by atoms with Crippen LogP contribution >= 0.6 is 12.4 Å². The van der Waals surface area contributed by atoms with Crippen molar-refractivity contribution in [1.82, 2.24) is 19.6 Å². The summed E-state index contributed by atoms with van der Waals surface area (Å²) < 4.78 is 42.2. The van der Waals surface area contributed by atoms with Gasteiger partial charge in [-0.1, -0.05) is 36.8 Å². The van der Waals surface area contributed by atoms with Crippen molar-refractivity contribution in [3.63, 3.8) is 0 Å². The monoisotopic (exact) mass is 582 g/mol. The van der Waals surface area contributed by atoms with Crippen molar-refractivity contribution < 1.29 is 22.8 Å². The highest BCUT2D eigenvalue weighted by Gasteiger charge is 2.65. The molecule has 0 aromatic heterocycles. The Morgan fingerprint density at radius 2 is 1.68 bits per heavy atom. The number of rotatable bonds is 5. The van der Waals surface area contributed by atoms with Gasteiger partial charge in [-0.05, 0) is 63.9 Å². The lowest BCUT2D eigenvalue weighted by atomic mass is 9.67. The maximum absolute atomic E-state index is 14.1. The molecule has 6 rings (SSSR count). The van der Waals surface area contributed by atoms with E-state index >= 15 is 0 Å². The number of carbonyl (C=O) groups excluding carboxylic acids is 2. The summed E-state index contributed by atoms with van der Waals surface area (Å²) in [6.45, 7) is 6.44.